The Morgan fingerprint density at radius 3 is 3.00 bits per heavy atom. The molecule has 4 heteroatoms. The fourth-order valence-corrected chi connectivity index (χ4v) is 2.65. The highest BCUT2D eigenvalue weighted by Gasteiger charge is 2.33. The van der Waals surface area contributed by atoms with Gasteiger partial charge in [-0.15, -0.1) is 0 Å². The predicted molar refractivity (Wildman–Crippen MR) is 80.9 cm³/mol. The molecule has 3 rings (SSSR count). The summed E-state index contributed by atoms with van der Waals surface area (Å²) in [6.07, 6.45) is 3.68. The number of nitrogens with zero attached hydrogens (tertiary/aromatic N) is 2. The van der Waals surface area contributed by atoms with E-state index in [0.29, 0.717) is 5.96 Å². The highest BCUT2D eigenvalue weighted by atomic mass is 16.5. The van der Waals surface area contributed by atoms with E-state index in [0.717, 1.165) is 37.8 Å². The molecule has 20 heavy (non-hydrogen) atoms. The highest BCUT2D eigenvalue weighted by molar-refractivity contribution is 5.80. The zero-order valence-electron chi connectivity index (χ0n) is 12.1. The smallest absolute Gasteiger partial charge is 0.191 e. The SMILES string of the molecule is CCCOc1cccc(C2CN=C(N)N2CC2CC2)c1. The Labute approximate surface area is 120 Å². The minimum Gasteiger partial charge on any atom is -0.494 e. The van der Waals surface area contributed by atoms with Crippen molar-refractivity contribution >= 4 is 5.96 Å². The number of aliphatic imine (C=N–C) groups is 1. The lowest BCUT2D eigenvalue weighted by Crippen LogP contribution is -2.37. The number of hydrogen-bond donors (Lipinski definition) is 1. The quantitative estimate of drug-likeness (QED) is 0.866. The van der Waals surface area contributed by atoms with Crippen LogP contribution in [0, 0.1) is 5.92 Å². The summed E-state index contributed by atoms with van der Waals surface area (Å²) >= 11 is 0. The molecule has 0 aromatic heterocycles. The summed E-state index contributed by atoms with van der Waals surface area (Å²) in [7, 11) is 0. The van der Waals surface area contributed by atoms with Crippen molar-refractivity contribution in [2.45, 2.75) is 32.2 Å². The summed E-state index contributed by atoms with van der Waals surface area (Å²) in [5, 5.41) is 0. The van der Waals surface area contributed by atoms with E-state index >= 15 is 0 Å². The number of guanidine groups is 1. The van der Waals surface area contributed by atoms with Gasteiger partial charge in [0, 0.05) is 6.54 Å². The van der Waals surface area contributed by atoms with Crippen molar-refractivity contribution in [1.29, 1.82) is 0 Å². The molecule has 0 bridgehead atoms. The molecule has 1 saturated carbocycles. The molecule has 2 aliphatic rings. The van der Waals surface area contributed by atoms with E-state index in [4.69, 9.17) is 10.5 Å². The molecule has 1 aliphatic heterocycles. The lowest BCUT2D eigenvalue weighted by molar-refractivity contribution is 0.312. The summed E-state index contributed by atoms with van der Waals surface area (Å²) in [6.45, 7) is 4.68. The van der Waals surface area contributed by atoms with E-state index in [1.807, 2.05) is 6.07 Å². The molecule has 1 unspecified atom stereocenters. The van der Waals surface area contributed by atoms with Crippen LogP contribution in [0.25, 0.3) is 0 Å². The lowest BCUT2D eigenvalue weighted by Gasteiger charge is -2.26. The average Bonchev–Trinajstić information content (AvgIpc) is 3.21. The van der Waals surface area contributed by atoms with Crippen LogP contribution in [-0.4, -0.2) is 30.6 Å². The molecule has 4 nitrogen and oxygen atoms in total. The maximum Gasteiger partial charge on any atom is 0.191 e. The van der Waals surface area contributed by atoms with Gasteiger partial charge in [0.05, 0.1) is 19.2 Å². The molecule has 108 valence electrons. The van der Waals surface area contributed by atoms with Gasteiger partial charge in [0.25, 0.3) is 0 Å². The van der Waals surface area contributed by atoms with Crippen LogP contribution in [0.3, 0.4) is 0 Å². The first-order valence-corrected chi connectivity index (χ1v) is 7.57. The van der Waals surface area contributed by atoms with Crippen LogP contribution in [0.15, 0.2) is 29.3 Å². The van der Waals surface area contributed by atoms with E-state index in [1.165, 1.54) is 18.4 Å². The summed E-state index contributed by atoms with van der Waals surface area (Å²) in [6, 6.07) is 8.64. The van der Waals surface area contributed by atoms with Gasteiger partial charge in [-0.1, -0.05) is 19.1 Å². The Kier molecular flexibility index (Phi) is 3.81. The second-order valence-electron chi connectivity index (χ2n) is 5.73. The van der Waals surface area contributed by atoms with Crippen molar-refractivity contribution in [3.8, 4) is 5.75 Å². The molecule has 0 spiro atoms. The van der Waals surface area contributed by atoms with Crippen LogP contribution >= 0.6 is 0 Å². The third kappa shape index (κ3) is 2.89. The Balaban J connectivity index is 1.73. The van der Waals surface area contributed by atoms with Crippen molar-refractivity contribution in [3.05, 3.63) is 29.8 Å². The average molecular weight is 273 g/mol. The summed E-state index contributed by atoms with van der Waals surface area (Å²) < 4.78 is 5.72. The zero-order chi connectivity index (χ0) is 13.9. The summed E-state index contributed by atoms with van der Waals surface area (Å²) in [4.78, 5) is 6.69. The Bertz CT molecular complexity index is 496. The van der Waals surface area contributed by atoms with Gasteiger partial charge in [0.1, 0.15) is 5.75 Å². The number of benzene rings is 1. The number of rotatable bonds is 6. The number of ether oxygens (including phenoxy) is 1. The largest absolute Gasteiger partial charge is 0.494 e. The topological polar surface area (TPSA) is 50.9 Å². The second kappa shape index (κ2) is 5.73. The molecule has 2 N–H and O–H groups in total. The van der Waals surface area contributed by atoms with E-state index in [-0.39, 0.29) is 6.04 Å². The third-order valence-corrected chi connectivity index (χ3v) is 3.96. The molecule has 0 amide bonds. The van der Waals surface area contributed by atoms with Crippen molar-refractivity contribution in [1.82, 2.24) is 4.90 Å². The van der Waals surface area contributed by atoms with Gasteiger partial charge >= 0.3 is 0 Å². The molecule has 0 radical (unpaired) electrons. The lowest BCUT2D eigenvalue weighted by atomic mass is 10.1. The van der Waals surface area contributed by atoms with Gasteiger partial charge in [-0.3, -0.25) is 4.99 Å². The molecule has 1 aliphatic carbocycles. The summed E-state index contributed by atoms with van der Waals surface area (Å²) in [5.74, 6) is 2.45. The maximum atomic E-state index is 6.05. The maximum absolute atomic E-state index is 6.05. The Hall–Kier alpha value is -1.71. The Morgan fingerprint density at radius 2 is 2.25 bits per heavy atom. The van der Waals surface area contributed by atoms with E-state index in [9.17, 15) is 0 Å². The predicted octanol–water partition coefficient (Wildman–Crippen LogP) is 2.56. The molecular formula is C16H23N3O. The highest BCUT2D eigenvalue weighted by Crippen LogP contribution is 2.35. The van der Waals surface area contributed by atoms with Gasteiger partial charge in [-0.2, -0.15) is 0 Å². The second-order valence-corrected chi connectivity index (χ2v) is 5.73. The van der Waals surface area contributed by atoms with Gasteiger partial charge in [-0.05, 0) is 42.9 Å². The zero-order valence-corrected chi connectivity index (χ0v) is 12.1. The standard InChI is InChI=1S/C16H23N3O/c1-2-8-20-14-5-3-4-13(9-14)15-10-18-16(17)19(15)11-12-6-7-12/h3-5,9,12,15H,2,6-8,10-11H2,1H3,(H2,17,18). The first-order chi connectivity index (χ1) is 9.78. The minimum atomic E-state index is 0.278. The third-order valence-electron chi connectivity index (χ3n) is 3.96. The fourth-order valence-electron chi connectivity index (χ4n) is 2.65. The monoisotopic (exact) mass is 273 g/mol. The van der Waals surface area contributed by atoms with Crippen LogP contribution < -0.4 is 10.5 Å². The fraction of sp³-hybridized carbons (Fsp3) is 0.562. The molecule has 1 aromatic carbocycles. The molecule has 1 atom stereocenters. The van der Waals surface area contributed by atoms with Gasteiger partial charge in [0.2, 0.25) is 0 Å². The van der Waals surface area contributed by atoms with Crippen LogP contribution in [-0.2, 0) is 0 Å². The molecule has 0 saturated heterocycles. The first kappa shape index (κ1) is 13.3. The number of hydrogen-bond acceptors (Lipinski definition) is 4. The van der Waals surface area contributed by atoms with Crippen LogP contribution in [0.5, 0.6) is 5.75 Å². The molecular weight excluding hydrogens is 250 g/mol. The summed E-state index contributed by atoms with van der Waals surface area (Å²) in [5.41, 5.74) is 7.30. The Morgan fingerprint density at radius 1 is 1.40 bits per heavy atom. The van der Waals surface area contributed by atoms with Crippen LogP contribution in [0.1, 0.15) is 37.8 Å². The minimum absolute atomic E-state index is 0.278. The number of nitrogens with two attached hydrogens (primary N) is 1. The molecule has 1 fully saturated rings. The van der Waals surface area contributed by atoms with Gasteiger partial charge in [0.15, 0.2) is 5.96 Å². The van der Waals surface area contributed by atoms with Gasteiger partial charge in [-0.25, -0.2) is 0 Å². The normalized spacial score (nSPS) is 21.9. The van der Waals surface area contributed by atoms with Crippen LogP contribution in [0.4, 0.5) is 0 Å². The molecule has 1 aromatic rings. The van der Waals surface area contributed by atoms with E-state index in [2.05, 4.69) is 35.0 Å². The van der Waals surface area contributed by atoms with Crippen LogP contribution in [0.2, 0.25) is 0 Å². The van der Waals surface area contributed by atoms with E-state index < -0.39 is 0 Å². The molecule has 1 heterocycles. The van der Waals surface area contributed by atoms with E-state index in [1.54, 1.807) is 0 Å². The van der Waals surface area contributed by atoms with Crippen molar-refractivity contribution in [2.75, 3.05) is 19.7 Å². The van der Waals surface area contributed by atoms with Crippen molar-refractivity contribution in [2.24, 2.45) is 16.6 Å². The van der Waals surface area contributed by atoms with Gasteiger partial charge < -0.3 is 15.4 Å². The van der Waals surface area contributed by atoms with Crippen molar-refractivity contribution in [3.63, 3.8) is 0 Å². The van der Waals surface area contributed by atoms with Crippen molar-refractivity contribution < 1.29 is 4.74 Å². The first-order valence-electron chi connectivity index (χ1n) is 7.57.